The third-order valence-corrected chi connectivity index (χ3v) is 5.44. The second kappa shape index (κ2) is 9.59. The van der Waals surface area contributed by atoms with Gasteiger partial charge in [-0.25, -0.2) is 0 Å². The molecule has 0 spiro atoms. The topological polar surface area (TPSA) is 61.4 Å². The van der Waals surface area contributed by atoms with E-state index in [-0.39, 0.29) is 5.91 Å². The largest absolute Gasteiger partial charge is 0.365 e. The van der Waals surface area contributed by atoms with Crippen LogP contribution in [0.2, 0.25) is 5.02 Å². The van der Waals surface area contributed by atoms with Crippen molar-refractivity contribution in [2.24, 2.45) is 0 Å². The molecular weight excluding hydrogens is 398 g/mol. The molecule has 1 amide bonds. The zero-order valence-corrected chi connectivity index (χ0v) is 17.4. The Morgan fingerprint density at radius 3 is 2.27 bits per heavy atom. The molecule has 0 radical (unpaired) electrons. The molecular formula is C23H24ClN5O. The van der Waals surface area contributed by atoms with Gasteiger partial charge in [0.2, 0.25) is 5.91 Å². The molecule has 0 aliphatic carbocycles. The molecule has 1 saturated heterocycles. The summed E-state index contributed by atoms with van der Waals surface area (Å²) in [7, 11) is 0. The Bertz CT molecular complexity index is 955. The molecule has 1 fully saturated rings. The van der Waals surface area contributed by atoms with Crippen LogP contribution in [0.25, 0.3) is 0 Å². The Balaban J connectivity index is 1.26. The van der Waals surface area contributed by atoms with Crippen LogP contribution < -0.4 is 10.2 Å². The second-order valence-electron chi connectivity index (χ2n) is 7.29. The quantitative estimate of drug-likeness (QED) is 0.658. The Morgan fingerprint density at radius 1 is 0.867 bits per heavy atom. The van der Waals surface area contributed by atoms with Gasteiger partial charge < -0.3 is 15.1 Å². The number of aromatic nitrogens is 2. The number of nitrogens with zero attached hydrogens (tertiary/aromatic N) is 4. The molecule has 7 heteroatoms. The fraction of sp³-hybridized carbons (Fsp3) is 0.261. The summed E-state index contributed by atoms with van der Waals surface area (Å²) in [4.78, 5) is 16.6. The van der Waals surface area contributed by atoms with Crippen molar-refractivity contribution in [1.29, 1.82) is 0 Å². The molecule has 154 valence electrons. The molecule has 3 aromatic rings. The summed E-state index contributed by atoms with van der Waals surface area (Å²) < 4.78 is 0. The van der Waals surface area contributed by atoms with Gasteiger partial charge in [0.1, 0.15) is 5.82 Å². The number of amides is 1. The minimum Gasteiger partial charge on any atom is -0.365 e. The molecule has 1 aliphatic heterocycles. The lowest BCUT2D eigenvalue weighted by molar-refractivity contribution is -0.130. The lowest BCUT2D eigenvalue weighted by Crippen LogP contribution is -2.49. The molecule has 1 aliphatic rings. The molecule has 1 N–H and O–H groups in total. The highest BCUT2D eigenvalue weighted by Gasteiger charge is 2.22. The molecule has 0 unspecified atom stereocenters. The molecule has 1 aromatic heterocycles. The van der Waals surface area contributed by atoms with Crippen molar-refractivity contribution in [3.05, 3.63) is 82.9 Å². The molecule has 4 rings (SSSR count). The Labute approximate surface area is 181 Å². The van der Waals surface area contributed by atoms with Crippen molar-refractivity contribution in [2.75, 3.05) is 36.4 Å². The monoisotopic (exact) mass is 421 g/mol. The number of hydrogen-bond donors (Lipinski definition) is 1. The highest BCUT2D eigenvalue weighted by atomic mass is 35.5. The van der Waals surface area contributed by atoms with Gasteiger partial charge in [-0.15, -0.1) is 10.2 Å². The summed E-state index contributed by atoms with van der Waals surface area (Å²) in [5.74, 6) is 1.73. The highest BCUT2D eigenvalue weighted by Crippen LogP contribution is 2.16. The first-order chi connectivity index (χ1) is 14.7. The van der Waals surface area contributed by atoms with Gasteiger partial charge in [-0.05, 0) is 35.4 Å². The van der Waals surface area contributed by atoms with E-state index in [9.17, 15) is 4.79 Å². The first-order valence-electron chi connectivity index (χ1n) is 10.1. The van der Waals surface area contributed by atoms with Crippen molar-refractivity contribution in [1.82, 2.24) is 15.1 Å². The van der Waals surface area contributed by atoms with Crippen molar-refractivity contribution >= 4 is 29.1 Å². The maximum Gasteiger partial charge on any atom is 0.227 e. The van der Waals surface area contributed by atoms with Gasteiger partial charge in [0.25, 0.3) is 0 Å². The Hall–Kier alpha value is -3.12. The molecule has 30 heavy (non-hydrogen) atoms. The van der Waals surface area contributed by atoms with Crippen LogP contribution in [-0.2, 0) is 17.8 Å². The summed E-state index contributed by atoms with van der Waals surface area (Å²) in [5, 5.41) is 12.6. The number of piperazine rings is 1. The van der Waals surface area contributed by atoms with E-state index >= 15 is 0 Å². The van der Waals surface area contributed by atoms with E-state index in [1.165, 1.54) is 5.56 Å². The second-order valence-corrected chi connectivity index (χ2v) is 7.72. The Morgan fingerprint density at radius 2 is 1.60 bits per heavy atom. The van der Waals surface area contributed by atoms with Crippen LogP contribution in [0.1, 0.15) is 11.1 Å². The van der Waals surface area contributed by atoms with E-state index in [1.54, 1.807) is 0 Å². The van der Waals surface area contributed by atoms with Crippen LogP contribution in [0.4, 0.5) is 11.6 Å². The number of carbonyl (C=O) groups excluding carboxylic acids is 1. The third-order valence-electron chi connectivity index (χ3n) is 5.19. The standard InChI is InChI=1S/C23H24ClN5O/c24-20-8-6-18(7-9-20)16-23(30)29-14-12-28(13-15-29)22-11-10-21(26-27-22)25-17-19-4-2-1-3-5-19/h1-11H,12-17H2,(H,25,26). The van der Waals surface area contributed by atoms with Gasteiger partial charge in [-0.3, -0.25) is 4.79 Å². The van der Waals surface area contributed by atoms with E-state index < -0.39 is 0 Å². The van der Waals surface area contributed by atoms with Crippen molar-refractivity contribution in [3.8, 4) is 0 Å². The van der Waals surface area contributed by atoms with Gasteiger partial charge in [0, 0.05) is 37.7 Å². The number of rotatable bonds is 6. The van der Waals surface area contributed by atoms with Crippen LogP contribution in [-0.4, -0.2) is 47.2 Å². The predicted molar refractivity (Wildman–Crippen MR) is 120 cm³/mol. The normalized spacial score (nSPS) is 13.9. The van der Waals surface area contributed by atoms with Crippen molar-refractivity contribution in [3.63, 3.8) is 0 Å². The maximum absolute atomic E-state index is 12.6. The summed E-state index contributed by atoms with van der Waals surface area (Å²) in [6, 6.07) is 21.6. The average molecular weight is 422 g/mol. The number of hydrogen-bond acceptors (Lipinski definition) is 5. The highest BCUT2D eigenvalue weighted by molar-refractivity contribution is 6.30. The number of anilines is 2. The fourth-order valence-electron chi connectivity index (χ4n) is 3.45. The SMILES string of the molecule is O=C(Cc1ccc(Cl)cc1)N1CCN(c2ccc(NCc3ccccc3)nn2)CC1. The first kappa shape index (κ1) is 20.2. The molecule has 2 heterocycles. The minimum absolute atomic E-state index is 0.142. The van der Waals surface area contributed by atoms with Crippen LogP contribution in [0.5, 0.6) is 0 Å². The van der Waals surface area contributed by atoms with Gasteiger partial charge >= 0.3 is 0 Å². The lowest BCUT2D eigenvalue weighted by atomic mass is 10.1. The van der Waals surface area contributed by atoms with Gasteiger partial charge in [-0.2, -0.15) is 0 Å². The van der Waals surface area contributed by atoms with Crippen LogP contribution in [0.3, 0.4) is 0 Å². The number of halogens is 1. The van der Waals surface area contributed by atoms with Gasteiger partial charge in [0.05, 0.1) is 6.42 Å². The van der Waals surface area contributed by atoms with Crippen molar-refractivity contribution < 1.29 is 4.79 Å². The first-order valence-corrected chi connectivity index (χ1v) is 10.4. The van der Waals surface area contributed by atoms with Gasteiger partial charge in [-0.1, -0.05) is 54.1 Å². The maximum atomic E-state index is 12.6. The predicted octanol–water partition coefficient (Wildman–Crippen LogP) is 3.63. The zero-order valence-electron chi connectivity index (χ0n) is 16.7. The fourth-order valence-corrected chi connectivity index (χ4v) is 3.58. The van der Waals surface area contributed by atoms with E-state index in [2.05, 4.69) is 32.5 Å². The van der Waals surface area contributed by atoms with E-state index in [0.717, 1.165) is 30.3 Å². The summed E-state index contributed by atoms with van der Waals surface area (Å²) in [6.45, 7) is 3.57. The summed E-state index contributed by atoms with van der Waals surface area (Å²) in [5.41, 5.74) is 2.18. The van der Waals surface area contributed by atoms with Crippen LogP contribution in [0.15, 0.2) is 66.7 Å². The van der Waals surface area contributed by atoms with E-state index in [0.29, 0.717) is 31.1 Å². The summed E-state index contributed by atoms with van der Waals surface area (Å²) >= 11 is 5.91. The number of carbonyl (C=O) groups is 1. The Kier molecular flexibility index (Phi) is 6.44. The van der Waals surface area contributed by atoms with Crippen LogP contribution >= 0.6 is 11.6 Å². The molecule has 6 nitrogen and oxygen atoms in total. The molecule has 0 saturated carbocycles. The number of nitrogens with one attached hydrogen (secondary N) is 1. The smallest absolute Gasteiger partial charge is 0.227 e. The average Bonchev–Trinajstić information content (AvgIpc) is 2.80. The lowest BCUT2D eigenvalue weighted by Gasteiger charge is -2.35. The van der Waals surface area contributed by atoms with E-state index in [4.69, 9.17) is 11.6 Å². The third kappa shape index (κ3) is 5.27. The molecule has 0 bridgehead atoms. The van der Waals surface area contributed by atoms with E-state index in [1.807, 2.05) is 59.5 Å². The van der Waals surface area contributed by atoms with Crippen LogP contribution in [0, 0.1) is 0 Å². The number of benzene rings is 2. The minimum atomic E-state index is 0.142. The zero-order chi connectivity index (χ0) is 20.8. The van der Waals surface area contributed by atoms with Gasteiger partial charge in [0.15, 0.2) is 5.82 Å². The molecule has 0 atom stereocenters. The molecule has 2 aromatic carbocycles. The summed E-state index contributed by atoms with van der Waals surface area (Å²) in [6.07, 6.45) is 0.402. The van der Waals surface area contributed by atoms with Crippen molar-refractivity contribution in [2.45, 2.75) is 13.0 Å².